The van der Waals surface area contributed by atoms with Crippen LogP contribution in [-0.2, 0) is 16.1 Å². The Morgan fingerprint density at radius 2 is 1.68 bits per heavy atom. The van der Waals surface area contributed by atoms with Crippen LogP contribution >= 0.6 is 0 Å². The van der Waals surface area contributed by atoms with E-state index in [9.17, 15) is 9.59 Å². The Bertz CT molecular complexity index is 822. The van der Waals surface area contributed by atoms with Crippen LogP contribution in [0.25, 0.3) is 0 Å². The number of ether oxygens (including phenoxy) is 3. The molecule has 0 aliphatic carbocycles. The summed E-state index contributed by atoms with van der Waals surface area (Å²) in [6.45, 7) is 2.14. The summed E-state index contributed by atoms with van der Waals surface area (Å²) in [7, 11) is 4.67. The van der Waals surface area contributed by atoms with E-state index in [0.717, 1.165) is 5.56 Å². The molecular formula is C21H26N2O5. The molecule has 7 heteroatoms. The quantitative estimate of drug-likeness (QED) is 0.717. The van der Waals surface area contributed by atoms with Gasteiger partial charge < -0.3 is 24.4 Å². The van der Waals surface area contributed by atoms with Crippen molar-refractivity contribution in [2.45, 2.75) is 19.9 Å². The number of carbonyl (C=O) groups is 2. The van der Waals surface area contributed by atoms with Gasteiger partial charge in [0.05, 0.1) is 27.0 Å². The van der Waals surface area contributed by atoms with E-state index < -0.39 is 0 Å². The van der Waals surface area contributed by atoms with Gasteiger partial charge in [0, 0.05) is 38.1 Å². The highest BCUT2D eigenvalue weighted by atomic mass is 16.5. The molecule has 0 unspecified atom stereocenters. The predicted molar refractivity (Wildman–Crippen MR) is 107 cm³/mol. The van der Waals surface area contributed by atoms with Crippen LogP contribution in [0.5, 0.6) is 17.2 Å². The molecule has 0 radical (unpaired) electrons. The number of nitrogens with zero attached hydrogens (tertiary/aromatic N) is 1. The van der Waals surface area contributed by atoms with Crippen molar-refractivity contribution in [3.8, 4) is 17.2 Å². The molecule has 0 aliphatic rings. The average Bonchev–Trinajstić information content (AvgIpc) is 2.70. The Labute approximate surface area is 165 Å². The van der Waals surface area contributed by atoms with Crippen LogP contribution in [0.2, 0.25) is 0 Å². The molecule has 1 N–H and O–H groups in total. The third-order valence-corrected chi connectivity index (χ3v) is 4.29. The summed E-state index contributed by atoms with van der Waals surface area (Å²) in [5.74, 6) is 1.51. The zero-order chi connectivity index (χ0) is 20.5. The topological polar surface area (TPSA) is 77.1 Å². The van der Waals surface area contributed by atoms with Crippen molar-refractivity contribution >= 4 is 17.5 Å². The fourth-order valence-corrected chi connectivity index (χ4v) is 2.75. The van der Waals surface area contributed by atoms with E-state index in [-0.39, 0.29) is 24.8 Å². The largest absolute Gasteiger partial charge is 0.497 e. The summed E-state index contributed by atoms with van der Waals surface area (Å²) >= 11 is 0. The standard InChI is InChI=1S/C21H26N2O5/c1-15(24)23(14-16-7-5-6-8-19(16)27-3)12-11-21(25)22-18-13-17(26-2)9-10-20(18)28-4/h5-10,13H,11-12,14H2,1-4H3,(H,22,25). The fourth-order valence-electron chi connectivity index (χ4n) is 2.75. The predicted octanol–water partition coefficient (Wildman–Crippen LogP) is 3.09. The van der Waals surface area contributed by atoms with Gasteiger partial charge in [-0.15, -0.1) is 0 Å². The number of hydrogen-bond acceptors (Lipinski definition) is 5. The molecule has 0 bridgehead atoms. The second-order valence-electron chi connectivity index (χ2n) is 6.12. The second-order valence-corrected chi connectivity index (χ2v) is 6.12. The molecule has 0 fully saturated rings. The lowest BCUT2D eigenvalue weighted by Crippen LogP contribution is -2.31. The van der Waals surface area contributed by atoms with Crippen molar-refractivity contribution in [2.24, 2.45) is 0 Å². The molecule has 2 rings (SSSR count). The molecule has 2 aromatic rings. The first kappa shape index (κ1) is 21.1. The Morgan fingerprint density at radius 1 is 0.964 bits per heavy atom. The van der Waals surface area contributed by atoms with Crippen LogP contribution in [-0.4, -0.2) is 44.6 Å². The number of rotatable bonds is 9. The van der Waals surface area contributed by atoms with Gasteiger partial charge in [-0.2, -0.15) is 0 Å². The van der Waals surface area contributed by atoms with Crippen molar-refractivity contribution in [1.82, 2.24) is 4.90 Å². The SMILES string of the molecule is COc1ccc(OC)c(NC(=O)CCN(Cc2ccccc2OC)C(C)=O)c1. The van der Waals surface area contributed by atoms with Crippen molar-refractivity contribution in [3.63, 3.8) is 0 Å². The highest BCUT2D eigenvalue weighted by Crippen LogP contribution is 2.29. The first-order valence-corrected chi connectivity index (χ1v) is 8.87. The van der Waals surface area contributed by atoms with Gasteiger partial charge in [-0.25, -0.2) is 0 Å². The van der Waals surface area contributed by atoms with Gasteiger partial charge in [0.1, 0.15) is 17.2 Å². The fraction of sp³-hybridized carbons (Fsp3) is 0.333. The minimum atomic E-state index is -0.224. The lowest BCUT2D eigenvalue weighted by atomic mass is 10.2. The zero-order valence-electron chi connectivity index (χ0n) is 16.7. The first-order chi connectivity index (χ1) is 13.5. The maximum Gasteiger partial charge on any atom is 0.226 e. The molecule has 150 valence electrons. The molecule has 28 heavy (non-hydrogen) atoms. The molecule has 0 aromatic heterocycles. The maximum atomic E-state index is 12.4. The molecule has 7 nitrogen and oxygen atoms in total. The zero-order valence-corrected chi connectivity index (χ0v) is 16.7. The maximum absolute atomic E-state index is 12.4. The summed E-state index contributed by atoms with van der Waals surface area (Å²) in [4.78, 5) is 26.0. The molecule has 0 atom stereocenters. The average molecular weight is 386 g/mol. The summed E-state index contributed by atoms with van der Waals surface area (Å²) in [6, 6.07) is 12.7. The molecule has 0 aliphatic heterocycles. The van der Waals surface area contributed by atoms with Crippen molar-refractivity contribution in [2.75, 3.05) is 33.2 Å². The number of methoxy groups -OCH3 is 3. The van der Waals surface area contributed by atoms with Gasteiger partial charge in [-0.05, 0) is 18.2 Å². The minimum absolute atomic E-state index is 0.113. The summed E-state index contributed by atoms with van der Waals surface area (Å²) < 4.78 is 15.8. The van der Waals surface area contributed by atoms with Gasteiger partial charge in [0.15, 0.2) is 0 Å². The van der Waals surface area contributed by atoms with Gasteiger partial charge in [0.25, 0.3) is 0 Å². The number of hydrogen-bond donors (Lipinski definition) is 1. The molecular weight excluding hydrogens is 360 g/mol. The number of amides is 2. The Kier molecular flexibility index (Phi) is 7.68. The van der Waals surface area contributed by atoms with E-state index in [1.807, 2.05) is 24.3 Å². The first-order valence-electron chi connectivity index (χ1n) is 8.87. The van der Waals surface area contributed by atoms with Crippen LogP contribution in [0, 0.1) is 0 Å². The number of carbonyl (C=O) groups excluding carboxylic acids is 2. The van der Waals surface area contributed by atoms with E-state index in [1.54, 1.807) is 37.3 Å². The van der Waals surface area contributed by atoms with Gasteiger partial charge >= 0.3 is 0 Å². The number of para-hydroxylation sites is 1. The summed E-state index contributed by atoms with van der Waals surface area (Å²) in [5.41, 5.74) is 1.40. The number of anilines is 1. The molecule has 2 amide bonds. The van der Waals surface area contributed by atoms with Crippen LogP contribution in [0.4, 0.5) is 5.69 Å². The number of nitrogens with one attached hydrogen (secondary N) is 1. The normalized spacial score (nSPS) is 10.1. The van der Waals surface area contributed by atoms with Crippen molar-refractivity contribution < 1.29 is 23.8 Å². The molecule has 2 aromatic carbocycles. The van der Waals surface area contributed by atoms with E-state index in [1.165, 1.54) is 14.0 Å². The van der Waals surface area contributed by atoms with Gasteiger partial charge in [0.2, 0.25) is 11.8 Å². The Balaban J connectivity index is 2.02. The molecule has 0 heterocycles. The second kappa shape index (κ2) is 10.2. The van der Waals surface area contributed by atoms with Crippen LogP contribution in [0.15, 0.2) is 42.5 Å². The minimum Gasteiger partial charge on any atom is -0.497 e. The van der Waals surface area contributed by atoms with Crippen molar-refractivity contribution in [1.29, 1.82) is 0 Å². The van der Waals surface area contributed by atoms with E-state index in [4.69, 9.17) is 14.2 Å². The van der Waals surface area contributed by atoms with Crippen molar-refractivity contribution in [3.05, 3.63) is 48.0 Å². The van der Waals surface area contributed by atoms with Crippen LogP contribution < -0.4 is 19.5 Å². The van der Waals surface area contributed by atoms with Gasteiger partial charge in [-0.3, -0.25) is 9.59 Å². The molecule has 0 saturated heterocycles. The Hall–Kier alpha value is -3.22. The van der Waals surface area contributed by atoms with E-state index >= 15 is 0 Å². The highest BCUT2D eigenvalue weighted by molar-refractivity contribution is 5.93. The van der Waals surface area contributed by atoms with Gasteiger partial charge in [-0.1, -0.05) is 18.2 Å². The monoisotopic (exact) mass is 386 g/mol. The van der Waals surface area contributed by atoms with Crippen LogP contribution in [0.3, 0.4) is 0 Å². The summed E-state index contributed by atoms with van der Waals surface area (Å²) in [6.07, 6.45) is 0.148. The lowest BCUT2D eigenvalue weighted by molar-refractivity contribution is -0.129. The van der Waals surface area contributed by atoms with E-state index in [2.05, 4.69) is 5.32 Å². The Morgan fingerprint density at radius 3 is 2.32 bits per heavy atom. The smallest absolute Gasteiger partial charge is 0.226 e. The molecule has 0 saturated carbocycles. The third-order valence-electron chi connectivity index (χ3n) is 4.29. The molecule has 0 spiro atoms. The lowest BCUT2D eigenvalue weighted by Gasteiger charge is -2.22. The highest BCUT2D eigenvalue weighted by Gasteiger charge is 2.15. The number of benzene rings is 2. The summed E-state index contributed by atoms with van der Waals surface area (Å²) in [5, 5.41) is 2.81. The third kappa shape index (κ3) is 5.64. The van der Waals surface area contributed by atoms with E-state index in [0.29, 0.717) is 29.5 Å². The van der Waals surface area contributed by atoms with Crippen LogP contribution in [0.1, 0.15) is 18.9 Å².